The largest absolute Gasteiger partial charge is 0.458 e. The van der Waals surface area contributed by atoms with Crippen molar-refractivity contribution in [2.24, 2.45) is 10.7 Å². The number of nitrogen functional groups attached to an aromatic ring is 1. The van der Waals surface area contributed by atoms with Crippen LogP contribution in [0.1, 0.15) is 25.5 Å². The molecule has 0 aromatic carbocycles. The number of aliphatic imine (C=N–C) groups is 1. The molecule has 7 heteroatoms. The fourth-order valence-electron chi connectivity index (χ4n) is 1.63. The van der Waals surface area contributed by atoms with Crippen LogP contribution in [-0.2, 0) is 6.54 Å². The molecule has 2 rings (SSSR count). The normalized spacial score (nSPS) is 11.3. The fraction of sp³-hybridized carbons (Fsp3) is 0.385. The molecule has 0 atom stereocenters. The first-order valence-corrected chi connectivity index (χ1v) is 7.36. The van der Waals surface area contributed by atoms with E-state index >= 15 is 0 Å². The molecular weight excluding hydrogens is 274 g/mol. The molecule has 6 nitrogen and oxygen atoms in total. The zero-order valence-electron chi connectivity index (χ0n) is 11.4. The van der Waals surface area contributed by atoms with Crippen LogP contribution >= 0.6 is 11.3 Å². The standard InChI is InChI=1S/C13H19N5OS/c1-2-3-6-16-8-17-12-11(18-13(15)20-12)10-5-4-9(7-14)19-10/h4-5,8H,2-3,6-7,14H2,1H3,(H2,15,18)(H,16,17). The van der Waals surface area contributed by atoms with E-state index in [0.29, 0.717) is 28.9 Å². The van der Waals surface area contributed by atoms with Crippen molar-refractivity contribution >= 4 is 27.8 Å². The maximum Gasteiger partial charge on any atom is 0.182 e. The van der Waals surface area contributed by atoms with Crippen molar-refractivity contribution in [2.45, 2.75) is 26.3 Å². The Bertz CT molecular complexity index is 575. The lowest BCUT2D eigenvalue weighted by Gasteiger charge is -1.98. The third-order valence-corrected chi connectivity index (χ3v) is 3.48. The van der Waals surface area contributed by atoms with Crippen LogP contribution in [0, 0.1) is 0 Å². The highest BCUT2D eigenvalue weighted by Gasteiger charge is 2.14. The number of hydrogen-bond donors (Lipinski definition) is 3. The highest BCUT2D eigenvalue weighted by molar-refractivity contribution is 7.20. The monoisotopic (exact) mass is 293 g/mol. The van der Waals surface area contributed by atoms with Crippen LogP contribution < -0.4 is 16.8 Å². The molecule has 0 fully saturated rings. The Morgan fingerprint density at radius 3 is 3.05 bits per heavy atom. The van der Waals surface area contributed by atoms with E-state index in [-0.39, 0.29) is 0 Å². The molecular formula is C13H19N5OS. The molecule has 5 N–H and O–H groups in total. The van der Waals surface area contributed by atoms with E-state index in [2.05, 4.69) is 22.2 Å². The van der Waals surface area contributed by atoms with E-state index in [1.165, 1.54) is 11.3 Å². The minimum atomic E-state index is 0.362. The number of hydrogen-bond acceptors (Lipinski definition) is 6. The Morgan fingerprint density at radius 1 is 1.50 bits per heavy atom. The van der Waals surface area contributed by atoms with Crippen LogP contribution in [0.3, 0.4) is 0 Å². The number of aromatic nitrogens is 1. The van der Waals surface area contributed by atoms with E-state index in [1.54, 1.807) is 6.34 Å². The van der Waals surface area contributed by atoms with Gasteiger partial charge in [-0.05, 0) is 18.6 Å². The summed E-state index contributed by atoms with van der Waals surface area (Å²) in [5.74, 6) is 1.37. The molecule has 0 bridgehead atoms. The smallest absolute Gasteiger partial charge is 0.182 e. The van der Waals surface area contributed by atoms with Crippen molar-refractivity contribution in [3.8, 4) is 11.5 Å². The van der Waals surface area contributed by atoms with Gasteiger partial charge in [-0.1, -0.05) is 24.7 Å². The Hall–Kier alpha value is -1.86. The third-order valence-electron chi connectivity index (χ3n) is 2.67. The van der Waals surface area contributed by atoms with Crippen molar-refractivity contribution in [1.82, 2.24) is 4.98 Å². The first-order chi connectivity index (χ1) is 9.74. The van der Waals surface area contributed by atoms with Crippen molar-refractivity contribution in [3.05, 3.63) is 17.9 Å². The van der Waals surface area contributed by atoms with Gasteiger partial charge in [0.1, 0.15) is 16.5 Å². The molecule has 0 spiro atoms. The minimum absolute atomic E-state index is 0.362. The van der Waals surface area contributed by atoms with Crippen molar-refractivity contribution < 1.29 is 4.42 Å². The Kier molecular flexibility index (Phi) is 5.14. The molecule has 2 heterocycles. The van der Waals surface area contributed by atoms with Gasteiger partial charge in [-0.15, -0.1) is 0 Å². The van der Waals surface area contributed by atoms with Gasteiger partial charge in [0.25, 0.3) is 0 Å². The number of unbranched alkanes of at least 4 members (excludes halogenated alkanes) is 1. The lowest BCUT2D eigenvalue weighted by atomic mass is 10.3. The van der Waals surface area contributed by atoms with Crippen molar-refractivity contribution in [3.63, 3.8) is 0 Å². The zero-order valence-corrected chi connectivity index (χ0v) is 12.2. The second-order valence-corrected chi connectivity index (χ2v) is 5.26. The first-order valence-electron chi connectivity index (χ1n) is 6.55. The van der Waals surface area contributed by atoms with Gasteiger partial charge >= 0.3 is 0 Å². The maximum absolute atomic E-state index is 5.76. The molecule has 0 amide bonds. The van der Waals surface area contributed by atoms with Gasteiger partial charge in [-0.2, -0.15) is 0 Å². The quantitative estimate of drug-likeness (QED) is 0.414. The Morgan fingerprint density at radius 2 is 2.35 bits per heavy atom. The molecule has 0 aliphatic rings. The maximum atomic E-state index is 5.76. The van der Waals surface area contributed by atoms with Crippen molar-refractivity contribution in [1.29, 1.82) is 0 Å². The van der Waals surface area contributed by atoms with Crippen LogP contribution in [0.5, 0.6) is 0 Å². The number of nitrogens with zero attached hydrogens (tertiary/aromatic N) is 2. The molecule has 0 unspecified atom stereocenters. The van der Waals surface area contributed by atoms with Gasteiger partial charge in [0.2, 0.25) is 0 Å². The summed E-state index contributed by atoms with van der Waals surface area (Å²) in [5, 5.41) is 4.41. The average molecular weight is 293 g/mol. The van der Waals surface area contributed by atoms with Crippen LogP contribution in [0.15, 0.2) is 21.5 Å². The number of rotatable bonds is 7. The number of anilines is 2. The molecule has 108 valence electrons. The number of nitrogens with one attached hydrogen (secondary N) is 1. The fourth-order valence-corrected chi connectivity index (χ4v) is 2.34. The number of nitrogens with two attached hydrogens (primary N) is 2. The molecule has 2 aromatic rings. The molecule has 0 saturated heterocycles. The Balaban J connectivity index is 2.11. The summed E-state index contributed by atoms with van der Waals surface area (Å²) >= 11 is 1.36. The van der Waals surface area contributed by atoms with Crippen molar-refractivity contribution in [2.75, 3.05) is 17.6 Å². The van der Waals surface area contributed by atoms with Gasteiger partial charge in [-0.3, -0.25) is 4.99 Å². The van der Waals surface area contributed by atoms with Crippen LogP contribution in [0.25, 0.3) is 11.5 Å². The third kappa shape index (κ3) is 3.58. The predicted molar refractivity (Wildman–Crippen MR) is 84.0 cm³/mol. The number of furan rings is 1. The van der Waals surface area contributed by atoms with E-state index in [1.807, 2.05) is 12.1 Å². The molecule has 0 saturated carbocycles. The van der Waals surface area contributed by atoms with Gasteiger partial charge < -0.3 is 21.2 Å². The van der Waals surface area contributed by atoms with Gasteiger partial charge in [0.15, 0.2) is 10.9 Å². The lowest BCUT2D eigenvalue weighted by molar-refractivity contribution is 0.524. The van der Waals surface area contributed by atoms with E-state index < -0.39 is 0 Å². The summed E-state index contributed by atoms with van der Waals surface area (Å²) in [4.78, 5) is 8.55. The van der Waals surface area contributed by atoms with E-state index in [0.717, 1.165) is 24.4 Å². The molecule has 20 heavy (non-hydrogen) atoms. The summed E-state index contributed by atoms with van der Waals surface area (Å²) in [7, 11) is 0. The second-order valence-electron chi connectivity index (χ2n) is 4.23. The second kappa shape index (κ2) is 7.06. The molecule has 0 radical (unpaired) electrons. The topological polar surface area (TPSA) is 102 Å². The highest BCUT2D eigenvalue weighted by atomic mass is 32.1. The zero-order chi connectivity index (χ0) is 14.4. The predicted octanol–water partition coefficient (Wildman–Crippen LogP) is 2.68. The minimum Gasteiger partial charge on any atom is -0.458 e. The number of thiazole rings is 1. The summed E-state index contributed by atoms with van der Waals surface area (Å²) < 4.78 is 5.60. The first kappa shape index (κ1) is 14.5. The molecule has 0 aliphatic carbocycles. The van der Waals surface area contributed by atoms with Gasteiger partial charge in [0, 0.05) is 6.54 Å². The van der Waals surface area contributed by atoms with E-state index in [4.69, 9.17) is 15.9 Å². The summed E-state index contributed by atoms with van der Waals surface area (Å²) in [5.41, 5.74) is 12.0. The van der Waals surface area contributed by atoms with E-state index in [9.17, 15) is 0 Å². The summed E-state index contributed by atoms with van der Waals surface area (Å²) in [6.07, 6.45) is 3.89. The molecule has 0 aliphatic heterocycles. The molecule has 2 aromatic heterocycles. The summed E-state index contributed by atoms with van der Waals surface area (Å²) in [6, 6.07) is 3.68. The summed E-state index contributed by atoms with van der Waals surface area (Å²) in [6.45, 7) is 3.31. The van der Waals surface area contributed by atoms with Crippen LogP contribution in [0.2, 0.25) is 0 Å². The van der Waals surface area contributed by atoms with Gasteiger partial charge in [-0.25, -0.2) is 4.98 Å². The lowest BCUT2D eigenvalue weighted by Crippen LogP contribution is -1.95. The van der Waals surface area contributed by atoms with Gasteiger partial charge in [0.05, 0.1) is 12.9 Å². The SMILES string of the molecule is CCCCN=CNc1sc(N)nc1-c1ccc(CN)o1. The van der Waals surface area contributed by atoms with Crippen LogP contribution in [0.4, 0.5) is 10.1 Å². The Labute approximate surface area is 121 Å². The highest BCUT2D eigenvalue weighted by Crippen LogP contribution is 2.34. The average Bonchev–Trinajstić information content (AvgIpc) is 3.04. The van der Waals surface area contributed by atoms with Crippen LogP contribution in [-0.4, -0.2) is 17.9 Å².